The SMILES string of the molecule is Cc1cc(C)c(CN(C)C)c(C)c1CN(C)C. The van der Waals surface area contributed by atoms with Gasteiger partial charge >= 0.3 is 0 Å². The van der Waals surface area contributed by atoms with Gasteiger partial charge in [-0.1, -0.05) is 6.07 Å². The summed E-state index contributed by atoms with van der Waals surface area (Å²) in [5, 5.41) is 0. The third-order valence-corrected chi connectivity index (χ3v) is 3.24. The van der Waals surface area contributed by atoms with Crippen molar-refractivity contribution >= 4 is 0 Å². The van der Waals surface area contributed by atoms with Crippen molar-refractivity contribution in [3.63, 3.8) is 0 Å². The summed E-state index contributed by atoms with van der Waals surface area (Å²) in [5.74, 6) is 0. The zero-order valence-corrected chi connectivity index (χ0v) is 12.4. The summed E-state index contributed by atoms with van der Waals surface area (Å²) in [7, 11) is 8.52. The summed E-state index contributed by atoms with van der Waals surface area (Å²) >= 11 is 0. The van der Waals surface area contributed by atoms with Crippen LogP contribution in [-0.2, 0) is 13.1 Å². The van der Waals surface area contributed by atoms with Crippen LogP contribution in [0.2, 0.25) is 0 Å². The van der Waals surface area contributed by atoms with Crippen LogP contribution in [0.15, 0.2) is 6.07 Å². The third kappa shape index (κ3) is 3.55. The number of benzene rings is 1. The van der Waals surface area contributed by atoms with Gasteiger partial charge in [-0.05, 0) is 76.8 Å². The first-order valence-corrected chi connectivity index (χ1v) is 6.21. The largest absolute Gasteiger partial charge is 0.305 e. The molecule has 0 aliphatic rings. The lowest BCUT2D eigenvalue weighted by Gasteiger charge is -2.22. The number of hydrogen-bond acceptors (Lipinski definition) is 2. The molecule has 0 unspecified atom stereocenters. The quantitative estimate of drug-likeness (QED) is 0.790. The molecule has 0 amide bonds. The Kier molecular flexibility index (Phi) is 4.72. The van der Waals surface area contributed by atoms with Crippen molar-refractivity contribution < 1.29 is 0 Å². The van der Waals surface area contributed by atoms with Gasteiger partial charge in [-0.25, -0.2) is 0 Å². The van der Waals surface area contributed by atoms with Crippen molar-refractivity contribution in [1.29, 1.82) is 0 Å². The fourth-order valence-electron chi connectivity index (χ4n) is 2.39. The lowest BCUT2D eigenvalue weighted by atomic mass is 9.93. The molecule has 1 rings (SSSR count). The first kappa shape index (κ1) is 14.2. The van der Waals surface area contributed by atoms with Gasteiger partial charge in [-0.3, -0.25) is 0 Å². The molecular weight excluding hydrogens is 208 g/mol. The number of nitrogens with zero attached hydrogens (tertiary/aromatic N) is 2. The first-order chi connectivity index (χ1) is 7.82. The minimum atomic E-state index is 1.03. The summed E-state index contributed by atoms with van der Waals surface area (Å²) < 4.78 is 0. The van der Waals surface area contributed by atoms with E-state index < -0.39 is 0 Å². The monoisotopic (exact) mass is 234 g/mol. The molecule has 0 radical (unpaired) electrons. The molecule has 1 aromatic carbocycles. The van der Waals surface area contributed by atoms with Crippen LogP contribution in [0, 0.1) is 20.8 Å². The van der Waals surface area contributed by atoms with E-state index in [9.17, 15) is 0 Å². The summed E-state index contributed by atoms with van der Waals surface area (Å²) in [6.07, 6.45) is 0. The van der Waals surface area contributed by atoms with Crippen molar-refractivity contribution in [2.45, 2.75) is 33.9 Å². The van der Waals surface area contributed by atoms with Crippen molar-refractivity contribution in [1.82, 2.24) is 9.80 Å². The molecule has 0 aromatic heterocycles. The van der Waals surface area contributed by atoms with E-state index in [0.717, 1.165) is 13.1 Å². The Morgan fingerprint density at radius 3 is 1.41 bits per heavy atom. The van der Waals surface area contributed by atoms with Gasteiger partial charge in [0, 0.05) is 13.1 Å². The maximum Gasteiger partial charge on any atom is 0.0233 e. The normalized spacial score (nSPS) is 11.6. The molecule has 1 aromatic rings. The van der Waals surface area contributed by atoms with Gasteiger partial charge in [0.1, 0.15) is 0 Å². The van der Waals surface area contributed by atoms with Crippen LogP contribution in [0.4, 0.5) is 0 Å². The van der Waals surface area contributed by atoms with E-state index in [1.807, 2.05) is 0 Å². The van der Waals surface area contributed by atoms with Crippen molar-refractivity contribution in [2.75, 3.05) is 28.2 Å². The van der Waals surface area contributed by atoms with E-state index in [0.29, 0.717) is 0 Å². The van der Waals surface area contributed by atoms with Crippen LogP contribution in [0.3, 0.4) is 0 Å². The van der Waals surface area contributed by atoms with E-state index in [1.165, 1.54) is 27.8 Å². The van der Waals surface area contributed by atoms with E-state index in [4.69, 9.17) is 0 Å². The van der Waals surface area contributed by atoms with Crippen molar-refractivity contribution in [3.05, 3.63) is 33.9 Å². The molecule has 0 aliphatic heterocycles. The molecular formula is C15H26N2. The van der Waals surface area contributed by atoms with Crippen LogP contribution < -0.4 is 0 Å². The second-order valence-corrected chi connectivity index (χ2v) is 5.57. The fourth-order valence-corrected chi connectivity index (χ4v) is 2.39. The van der Waals surface area contributed by atoms with E-state index in [1.54, 1.807) is 0 Å². The number of rotatable bonds is 4. The van der Waals surface area contributed by atoms with Crippen LogP contribution in [-0.4, -0.2) is 38.0 Å². The smallest absolute Gasteiger partial charge is 0.0233 e. The molecule has 0 saturated heterocycles. The van der Waals surface area contributed by atoms with Crippen LogP contribution >= 0.6 is 0 Å². The Morgan fingerprint density at radius 2 is 1.12 bits per heavy atom. The highest BCUT2D eigenvalue weighted by molar-refractivity contribution is 5.44. The van der Waals surface area contributed by atoms with E-state index in [2.05, 4.69) is 64.8 Å². The Bertz CT molecular complexity index is 358. The Balaban J connectivity index is 3.22. The summed E-state index contributed by atoms with van der Waals surface area (Å²) in [6.45, 7) is 8.75. The van der Waals surface area contributed by atoms with Crippen LogP contribution in [0.5, 0.6) is 0 Å². The van der Waals surface area contributed by atoms with Gasteiger partial charge in [0.15, 0.2) is 0 Å². The van der Waals surface area contributed by atoms with Crippen molar-refractivity contribution in [3.8, 4) is 0 Å². The predicted molar refractivity (Wildman–Crippen MR) is 75.4 cm³/mol. The Labute approximate surface area is 106 Å². The number of hydrogen-bond donors (Lipinski definition) is 0. The zero-order valence-electron chi connectivity index (χ0n) is 12.4. The van der Waals surface area contributed by atoms with Crippen LogP contribution in [0.1, 0.15) is 27.8 Å². The minimum absolute atomic E-state index is 1.03. The lowest BCUT2D eigenvalue weighted by molar-refractivity contribution is 0.392. The molecule has 17 heavy (non-hydrogen) atoms. The van der Waals surface area contributed by atoms with E-state index >= 15 is 0 Å². The maximum atomic E-state index is 2.32. The van der Waals surface area contributed by atoms with Crippen LogP contribution in [0.25, 0.3) is 0 Å². The highest BCUT2D eigenvalue weighted by Gasteiger charge is 2.12. The molecule has 0 bridgehead atoms. The minimum Gasteiger partial charge on any atom is -0.305 e. The number of aryl methyl sites for hydroxylation is 2. The van der Waals surface area contributed by atoms with Gasteiger partial charge in [0.25, 0.3) is 0 Å². The highest BCUT2D eigenvalue weighted by Crippen LogP contribution is 2.24. The van der Waals surface area contributed by atoms with Crippen molar-refractivity contribution in [2.24, 2.45) is 0 Å². The topological polar surface area (TPSA) is 6.48 Å². The molecule has 0 atom stereocenters. The fraction of sp³-hybridized carbons (Fsp3) is 0.600. The standard InChI is InChI=1S/C15H26N2/c1-11-8-12(2)15(10-17(6)7)13(3)14(11)9-16(4)5/h8H,9-10H2,1-7H3. The molecule has 0 fully saturated rings. The second kappa shape index (κ2) is 5.65. The molecule has 96 valence electrons. The predicted octanol–water partition coefficient (Wildman–Crippen LogP) is 2.74. The molecule has 0 aliphatic carbocycles. The molecule has 0 spiro atoms. The first-order valence-electron chi connectivity index (χ1n) is 6.21. The summed E-state index contributed by atoms with van der Waals surface area (Å²) in [5.41, 5.74) is 7.26. The maximum absolute atomic E-state index is 2.32. The van der Waals surface area contributed by atoms with Gasteiger partial charge < -0.3 is 9.80 Å². The molecule has 0 N–H and O–H groups in total. The van der Waals surface area contributed by atoms with Gasteiger partial charge in [0.2, 0.25) is 0 Å². The lowest BCUT2D eigenvalue weighted by Crippen LogP contribution is -2.17. The molecule has 2 nitrogen and oxygen atoms in total. The Morgan fingerprint density at radius 1 is 0.765 bits per heavy atom. The molecule has 0 heterocycles. The molecule has 0 saturated carbocycles. The van der Waals surface area contributed by atoms with Gasteiger partial charge in [0.05, 0.1) is 0 Å². The average Bonchev–Trinajstić information content (AvgIpc) is 2.18. The average molecular weight is 234 g/mol. The molecule has 2 heteroatoms. The van der Waals surface area contributed by atoms with Gasteiger partial charge in [-0.15, -0.1) is 0 Å². The van der Waals surface area contributed by atoms with E-state index in [-0.39, 0.29) is 0 Å². The zero-order chi connectivity index (χ0) is 13.2. The second-order valence-electron chi connectivity index (χ2n) is 5.57. The third-order valence-electron chi connectivity index (χ3n) is 3.24. The summed E-state index contributed by atoms with van der Waals surface area (Å²) in [6, 6.07) is 2.32. The van der Waals surface area contributed by atoms with Gasteiger partial charge in [-0.2, -0.15) is 0 Å². The highest BCUT2D eigenvalue weighted by atomic mass is 15.1. The Hall–Kier alpha value is -0.860. The summed E-state index contributed by atoms with van der Waals surface area (Å²) in [4.78, 5) is 4.48.